The Morgan fingerprint density at radius 2 is 1.96 bits per heavy atom. The van der Waals surface area contributed by atoms with Gasteiger partial charge < -0.3 is 4.74 Å². The maximum atomic E-state index is 12.8. The summed E-state index contributed by atoms with van der Waals surface area (Å²) < 4.78 is 32.1. The lowest BCUT2D eigenvalue weighted by Gasteiger charge is -2.09. The number of benzene rings is 2. The lowest BCUT2D eigenvalue weighted by atomic mass is 10.2. The average molecular weight is 347 g/mol. The van der Waals surface area contributed by atoms with E-state index in [9.17, 15) is 8.42 Å². The van der Waals surface area contributed by atoms with Gasteiger partial charge in [-0.3, -0.25) is 0 Å². The fraction of sp³-hybridized carbons (Fsp3) is 0.0625. The Morgan fingerprint density at radius 1 is 1.17 bits per heavy atom. The minimum absolute atomic E-state index is 0.103. The Bertz CT molecular complexity index is 1020. The molecule has 0 saturated heterocycles. The van der Waals surface area contributed by atoms with Crippen LogP contribution in [-0.4, -0.2) is 19.0 Å². The molecule has 2 aromatic carbocycles. The van der Waals surface area contributed by atoms with Gasteiger partial charge in [0.15, 0.2) is 6.61 Å². The van der Waals surface area contributed by atoms with Crippen molar-refractivity contribution in [1.82, 2.24) is 3.97 Å². The molecule has 5 nitrogen and oxygen atoms in total. The van der Waals surface area contributed by atoms with E-state index in [1.807, 2.05) is 6.07 Å². The van der Waals surface area contributed by atoms with Crippen LogP contribution in [0.15, 0.2) is 59.6 Å². The van der Waals surface area contributed by atoms with E-state index < -0.39 is 10.0 Å². The van der Waals surface area contributed by atoms with Gasteiger partial charge in [-0.05, 0) is 36.4 Å². The number of fused-ring (bicyclic) bond motifs is 1. The van der Waals surface area contributed by atoms with E-state index in [4.69, 9.17) is 21.6 Å². The molecule has 0 N–H and O–H groups in total. The van der Waals surface area contributed by atoms with E-state index in [0.717, 1.165) is 0 Å². The molecule has 0 spiro atoms. The molecule has 0 aliphatic heterocycles. The molecule has 3 rings (SSSR count). The van der Waals surface area contributed by atoms with Crippen LogP contribution in [0.5, 0.6) is 5.75 Å². The number of nitriles is 1. The molecule has 0 amide bonds. The highest BCUT2D eigenvalue weighted by molar-refractivity contribution is 7.90. The molecule has 0 atom stereocenters. The molecule has 0 aliphatic rings. The normalized spacial score (nSPS) is 11.3. The minimum atomic E-state index is -3.77. The summed E-state index contributed by atoms with van der Waals surface area (Å²) in [7, 11) is -3.77. The number of rotatable bonds is 4. The summed E-state index contributed by atoms with van der Waals surface area (Å²) in [5.74, 6) is 0.462. The first-order valence-electron chi connectivity index (χ1n) is 6.65. The van der Waals surface area contributed by atoms with Gasteiger partial charge in [0.2, 0.25) is 0 Å². The Labute approximate surface area is 138 Å². The summed E-state index contributed by atoms with van der Waals surface area (Å²) in [5.41, 5.74) is 0.473. The van der Waals surface area contributed by atoms with Crippen LogP contribution in [0.2, 0.25) is 5.02 Å². The van der Waals surface area contributed by atoms with Crippen LogP contribution in [0, 0.1) is 11.3 Å². The molecule has 0 fully saturated rings. The third-order valence-corrected chi connectivity index (χ3v) is 5.22. The third-order valence-electron chi connectivity index (χ3n) is 3.30. The van der Waals surface area contributed by atoms with Gasteiger partial charge in [0.1, 0.15) is 11.8 Å². The summed E-state index contributed by atoms with van der Waals surface area (Å²) in [6.07, 6.45) is 1.46. The molecule has 1 aromatic heterocycles. The highest BCUT2D eigenvalue weighted by Gasteiger charge is 2.20. The van der Waals surface area contributed by atoms with E-state index >= 15 is 0 Å². The third kappa shape index (κ3) is 2.77. The van der Waals surface area contributed by atoms with Gasteiger partial charge in [-0.2, -0.15) is 5.26 Å². The van der Waals surface area contributed by atoms with Crippen LogP contribution >= 0.6 is 11.6 Å². The molecule has 1 heterocycles. The zero-order valence-electron chi connectivity index (χ0n) is 11.8. The SMILES string of the molecule is N#CCOc1cccc2c1ccn2S(=O)(=O)c1cccc(Cl)c1. The van der Waals surface area contributed by atoms with Gasteiger partial charge >= 0.3 is 0 Å². The smallest absolute Gasteiger partial charge is 0.268 e. The van der Waals surface area contributed by atoms with Crippen molar-refractivity contribution >= 4 is 32.5 Å². The van der Waals surface area contributed by atoms with E-state index in [-0.39, 0.29) is 11.5 Å². The van der Waals surface area contributed by atoms with Crippen molar-refractivity contribution in [2.75, 3.05) is 6.61 Å². The molecule has 3 aromatic rings. The molecule has 0 bridgehead atoms. The Kier molecular flexibility index (Phi) is 3.99. The second-order valence-electron chi connectivity index (χ2n) is 4.71. The zero-order chi connectivity index (χ0) is 16.4. The highest BCUT2D eigenvalue weighted by atomic mass is 35.5. The summed E-state index contributed by atoms with van der Waals surface area (Å²) in [6.45, 7) is -0.106. The van der Waals surface area contributed by atoms with Crippen LogP contribution < -0.4 is 4.74 Å². The summed E-state index contributed by atoms with van der Waals surface area (Å²) in [4.78, 5) is 0.103. The monoisotopic (exact) mass is 346 g/mol. The van der Waals surface area contributed by atoms with Gasteiger partial charge in [-0.1, -0.05) is 23.7 Å². The van der Waals surface area contributed by atoms with E-state index in [1.54, 1.807) is 36.4 Å². The molecule has 116 valence electrons. The topological polar surface area (TPSA) is 72.1 Å². The fourth-order valence-electron chi connectivity index (χ4n) is 2.30. The average Bonchev–Trinajstić information content (AvgIpc) is 2.98. The van der Waals surface area contributed by atoms with Crippen molar-refractivity contribution in [2.45, 2.75) is 4.90 Å². The van der Waals surface area contributed by atoms with Crippen LogP contribution in [0.4, 0.5) is 0 Å². The maximum absolute atomic E-state index is 12.8. The van der Waals surface area contributed by atoms with Crippen molar-refractivity contribution < 1.29 is 13.2 Å². The van der Waals surface area contributed by atoms with Crippen LogP contribution in [0.1, 0.15) is 0 Å². The van der Waals surface area contributed by atoms with Crippen LogP contribution in [0.3, 0.4) is 0 Å². The van der Waals surface area contributed by atoms with E-state index in [1.165, 1.54) is 22.3 Å². The quantitative estimate of drug-likeness (QED) is 0.725. The molecular formula is C16H11ClN2O3S. The van der Waals surface area contributed by atoms with Crippen molar-refractivity contribution in [3.8, 4) is 11.8 Å². The van der Waals surface area contributed by atoms with Gasteiger partial charge in [-0.15, -0.1) is 0 Å². The van der Waals surface area contributed by atoms with Gasteiger partial charge in [0, 0.05) is 16.6 Å². The van der Waals surface area contributed by atoms with E-state index in [0.29, 0.717) is 21.7 Å². The standard InChI is InChI=1S/C16H11ClN2O3S/c17-12-3-1-4-13(11-12)23(20,21)19-9-7-14-15(19)5-2-6-16(14)22-10-8-18/h1-7,9,11H,10H2. The lowest BCUT2D eigenvalue weighted by Crippen LogP contribution is -2.11. The first-order valence-corrected chi connectivity index (χ1v) is 8.47. The molecular weight excluding hydrogens is 336 g/mol. The first-order chi connectivity index (χ1) is 11.0. The molecule has 0 radical (unpaired) electrons. The van der Waals surface area contributed by atoms with Crippen LogP contribution in [0.25, 0.3) is 10.9 Å². The number of hydrogen-bond donors (Lipinski definition) is 0. The second kappa shape index (κ2) is 5.95. The fourth-order valence-corrected chi connectivity index (χ4v) is 3.95. The summed E-state index contributed by atoms with van der Waals surface area (Å²) in [6, 6.07) is 14.7. The van der Waals surface area contributed by atoms with Gasteiger partial charge in [0.25, 0.3) is 10.0 Å². The Balaban J connectivity index is 2.16. The lowest BCUT2D eigenvalue weighted by molar-refractivity contribution is 0.372. The van der Waals surface area contributed by atoms with Crippen LogP contribution in [-0.2, 0) is 10.0 Å². The van der Waals surface area contributed by atoms with Crippen molar-refractivity contribution in [3.05, 3.63) is 59.8 Å². The predicted molar refractivity (Wildman–Crippen MR) is 87.1 cm³/mol. The largest absolute Gasteiger partial charge is 0.478 e. The molecule has 0 aliphatic carbocycles. The number of nitrogens with zero attached hydrogens (tertiary/aromatic N) is 2. The first kappa shape index (κ1) is 15.4. The maximum Gasteiger partial charge on any atom is 0.268 e. The van der Waals surface area contributed by atoms with Crippen molar-refractivity contribution in [3.63, 3.8) is 0 Å². The summed E-state index contributed by atoms with van der Waals surface area (Å²) in [5, 5.41) is 9.59. The molecule has 0 unspecified atom stereocenters. The molecule has 23 heavy (non-hydrogen) atoms. The Hall–Kier alpha value is -2.49. The summed E-state index contributed by atoms with van der Waals surface area (Å²) >= 11 is 5.89. The Morgan fingerprint density at radius 3 is 2.70 bits per heavy atom. The predicted octanol–water partition coefficient (Wildman–Crippen LogP) is 3.43. The number of hydrogen-bond acceptors (Lipinski definition) is 4. The second-order valence-corrected chi connectivity index (χ2v) is 6.96. The number of ether oxygens (including phenoxy) is 1. The van der Waals surface area contributed by atoms with Crippen molar-refractivity contribution in [2.24, 2.45) is 0 Å². The molecule has 7 heteroatoms. The van der Waals surface area contributed by atoms with Gasteiger partial charge in [-0.25, -0.2) is 12.4 Å². The minimum Gasteiger partial charge on any atom is -0.478 e. The highest BCUT2D eigenvalue weighted by Crippen LogP contribution is 2.29. The van der Waals surface area contributed by atoms with Gasteiger partial charge in [0.05, 0.1) is 10.4 Å². The number of halogens is 1. The van der Waals surface area contributed by atoms with E-state index in [2.05, 4.69) is 0 Å². The zero-order valence-corrected chi connectivity index (χ0v) is 13.4. The molecule has 0 saturated carbocycles. The van der Waals surface area contributed by atoms with Crippen molar-refractivity contribution in [1.29, 1.82) is 5.26 Å². The number of aromatic nitrogens is 1.